The molecule has 2 nitrogen and oxygen atoms in total. The number of halogens is 2. The van der Waals surface area contributed by atoms with Gasteiger partial charge in [-0.15, -0.1) is 0 Å². The minimum absolute atomic E-state index is 0.0533. The van der Waals surface area contributed by atoms with Crippen molar-refractivity contribution in [1.29, 1.82) is 0 Å². The molecular formula is C14H14F2O2. The second-order valence-electron chi connectivity index (χ2n) is 3.86. The van der Waals surface area contributed by atoms with E-state index in [2.05, 4.69) is 0 Å². The van der Waals surface area contributed by atoms with Crippen LogP contribution in [-0.2, 0) is 0 Å². The zero-order valence-corrected chi connectivity index (χ0v) is 10.0. The monoisotopic (exact) mass is 252 g/mol. The molecule has 4 heteroatoms. The van der Waals surface area contributed by atoms with Crippen molar-refractivity contribution >= 4 is 0 Å². The molecule has 0 aliphatic heterocycles. The number of alkyl halides is 1. The van der Waals surface area contributed by atoms with Crippen LogP contribution in [-0.4, -0.2) is 12.8 Å². The van der Waals surface area contributed by atoms with Crippen LogP contribution in [0.25, 0.3) is 0 Å². The van der Waals surface area contributed by atoms with Gasteiger partial charge < -0.3 is 9.47 Å². The fourth-order valence-electron chi connectivity index (χ4n) is 1.63. The molecule has 2 rings (SSSR count). The van der Waals surface area contributed by atoms with Crippen LogP contribution >= 0.6 is 0 Å². The van der Waals surface area contributed by atoms with Crippen molar-refractivity contribution in [3.63, 3.8) is 0 Å². The Balaban J connectivity index is 2.12. The van der Waals surface area contributed by atoms with E-state index >= 15 is 0 Å². The molecular weight excluding hydrogens is 238 g/mol. The van der Waals surface area contributed by atoms with Crippen molar-refractivity contribution in [3.8, 4) is 11.5 Å². The molecule has 0 amide bonds. The molecule has 0 saturated heterocycles. The van der Waals surface area contributed by atoms with Crippen LogP contribution in [0.2, 0.25) is 0 Å². The molecule has 0 heterocycles. The quantitative estimate of drug-likeness (QED) is 0.808. The number of allylic oxidation sites excluding steroid dienone is 3. The molecule has 0 radical (unpaired) electrons. The molecule has 18 heavy (non-hydrogen) atoms. The van der Waals surface area contributed by atoms with Crippen molar-refractivity contribution in [2.24, 2.45) is 0 Å². The molecule has 1 aliphatic rings. The van der Waals surface area contributed by atoms with Crippen LogP contribution in [0, 0.1) is 0 Å². The summed E-state index contributed by atoms with van der Waals surface area (Å²) >= 11 is 0. The van der Waals surface area contributed by atoms with Crippen LogP contribution < -0.4 is 9.47 Å². The summed E-state index contributed by atoms with van der Waals surface area (Å²) in [5.41, 5.74) is 0. The molecule has 0 saturated carbocycles. The van der Waals surface area contributed by atoms with Gasteiger partial charge in [-0.05, 0) is 31.2 Å². The molecule has 0 aromatic heterocycles. The molecule has 0 fully saturated rings. The van der Waals surface area contributed by atoms with Gasteiger partial charge >= 0.3 is 0 Å². The Hall–Kier alpha value is -1.84. The highest BCUT2D eigenvalue weighted by Gasteiger charge is 2.17. The first-order valence-corrected chi connectivity index (χ1v) is 5.80. The minimum atomic E-state index is -1.27. The standard InChI is InChI=1S/C14H14F2O2/c1-2-17-11-4-3-5-12(9-11)18-14-7-6-10(15)8-13(14)16/h3-7,9-10H,2,8H2,1H3. The van der Waals surface area contributed by atoms with E-state index < -0.39 is 12.0 Å². The lowest BCUT2D eigenvalue weighted by molar-refractivity contribution is 0.328. The van der Waals surface area contributed by atoms with E-state index in [0.29, 0.717) is 18.1 Å². The Bertz CT molecular complexity index is 480. The molecule has 1 atom stereocenters. The Labute approximate surface area is 105 Å². The molecule has 0 bridgehead atoms. The number of benzene rings is 1. The van der Waals surface area contributed by atoms with Crippen LogP contribution in [0.5, 0.6) is 11.5 Å². The van der Waals surface area contributed by atoms with Crippen molar-refractivity contribution in [1.82, 2.24) is 0 Å². The van der Waals surface area contributed by atoms with Gasteiger partial charge in [-0.3, -0.25) is 0 Å². The normalized spacial score (nSPS) is 18.9. The molecule has 1 aliphatic carbocycles. The topological polar surface area (TPSA) is 18.5 Å². The fraction of sp³-hybridized carbons (Fsp3) is 0.286. The van der Waals surface area contributed by atoms with Gasteiger partial charge in [-0.2, -0.15) is 0 Å². The van der Waals surface area contributed by atoms with E-state index in [9.17, 15) is 8.78 Å². The second kappa shape index (κ2) is 5.67. The summed E-state index contributed by atoms with van der Waals surface area (Å²) in [6.07, 6.45) is 1.06. The smallest absolute Gasteiger partial charge is 0.158 e. The van der Waals surface area contributed by atoms with E-state index in [0.717, 1.165) is 0 Å². The number of ether oxygens (including phenoxy) is 2. The first-order valence-electron chi connectivity index (χ1n) is 5.80. The zero-order chi connectivity index (χ0) is 13.0. The fourth-order valence-corrected chi connectivity index (χ4v) is 1.63. The summed E-state index contributed by atoms with van der Waals surface area (Å²) < 4.78 is 37.0. The highest BCUT2D eigenvalue weighted by atomic mass is 19.1. The van der Waals surface area contributed by atoms with Crippen LogP contribution in [0.1, 0.15) is 13.3 Å². The second-order valence-corrected chi connectivity index (χ2v) is 3.86. The maximum atomic E-state index is 13.5. The molecule has 1 unspecified atom stereocenters. The maximum absolute atomic E-state index is 13.5. The summed E-state index contributed by atoms with van der Waals surface area (Å²) in [7, 11) is 0. The number of hydrogen-bond acceptors (Lipinski definition) is 2. The predicted molar refractivity (Wildman–Crippen MR) is 65.0 cm³/mol. The molecule has 1 aromatic rings. The summed E-state index contributed by atoms with van der Waals surface area (Å²) in [4.78, 5) is 0. The third-order valence-electron chi connectivity index (χ3n) is 2.44. The molecule has 1 aromatic carbocycles. The number of rotatable bonds is 4. The van der Waals surface area contributed by atoms with Crippen molar-refractivity contribution in [3.05, 3.63) is 48.0 Å². The van der Waals surface area contributed by atoms with E-state index in [1.165, 1.54) is 12.2 Å². The predicted octanol–water partition coefficient (Wildman–Crippen LogP) is 3.94. The highest BCUT2D eigenvalue weighted by molar-refractivity contribution is 5.36. The third-order valence-corrected chi connectivity index (χ3v) is 2.44. The Kier molecular flexibility index (Phi) is 3.97. The minimum Gasteiger partial charge on any atom is -0.494 e. The van der Waals surface area contributed by atoms with E-state index in [-0.39, 0.29) is 12.2 Å². The molecule has 96 valence electrons. The lowest BCUT2D eigenvalue weighted by atomic mass is 10.1. The Morgan fingerprint density at radius 1 is 1.33 bits per heavy atom. The van der Waals surface area contributed by atoms with Gasteiger partial charge in [0.25, 0.3) is 0 Å². The van der Waals surface area contributed by atoms with Gasteiger partial charge in [0.2, 0.25) is 0 Å². The van der Waals surface area contributed by atoms with Gasteiger partial charge in [0.15, 0.2) is 5.76 Å². The van der Waals surface area contributed by atoms with Gasteiger partial charge in [0.05, 0.1) is 6.61 Å². The largest absolute Gasteiger partial charge is 0.494 e. The highest BCUT2D eigenvalue weighted by Crippen LogP contribution is 2.27. The van der Waals surface area contributed by atoms with Crippen LogP contribution in [0.15, 0.2) is 48.0 Å². The van der Waals surface area contributed by atoms with Crippen molar-refractivity contribution in [2.75, 3.05) is 6.61 Å². The van der Waals surface area contributed by atoms with Gasteiger partial charge in [0, 0.05) is 12.5 Å². The van der Waals surface area contributed by atoms with Crippen LogP contribution in [0.4, 0.5) is 8.78 Å². The van der Waals surface area contributed by atoms with E-state index in [4.69, 9.17) is 9.47 Å². The lowest BCUT2D eigenvalue weighted by Crippen LogP contribution is -2.06. The zero-order valence-electron chi connectivity index (χ0n) is 10.0. The molecule has 0 spiro atoms. The number of hydrogen-bond donors (Lipinski definition) is 0. The average Bonchev–Trinajstić information content (AvgIpc) is 2.34. The summed E-state index contributed by atoms with van der Waals surface area (Å²) in [6.45, 7) is 2.42. The van der Waals surface area contributed by atoms with Gasteiger partial charge in [0.1, 0.15) is 23.5 Å². The van der Waals surface area contributed by atoms with E-state index in [1.807, 2.05) is 6.92 Å². The van der Waals surface area contributed by atoms with Crippen LogP contribution in [0.3, 0.4) is 0 Å². The van der Waals surface area contributed by atoms with Crippen molar-refractivity contribution in [2.45, 2.75) is 19.5 Å². The van der Waals surface area contributed by atoms with Gasteiger partial charge in [-0.1, -0.05) is 6.07 Å². The Morgan fingerprint density at radius 2 is 2.11 bits per heavy atom. The maximum Gasteiger partial charge on any atom is 0.158 e. The third kappa shape index (κ3) is 3.09. The summed E-state index contributed by atoms with van der Waals surface area (Å²) in [6, 6.07) is 6.90. The first-order chi connectivity index (χ1) is 8.69. The SMILES string of the molecule is CCOc1cccc(OC2=C(F)CC(F)C=C2)c1. The summed E-state index contributed by atoms with van der Waals surface area (Å²) in [5, 5.41) is 0. The Morgan fingerprint density at radius 3 is 2.83 bits per heavy atom. The van der Waals surface area contributed by atoms with Gasteiger partial charge in [-0.25, -0.2) is 8.78 Å². The first kappa shape index (κ1) is 12.6. The lowest BCUT2D eigenvalue weighted by Gasteiger charge is -2.14. The molecule has 0 N–H and O–H groups in total. The summed E-state index contributed by atoms with van der Waals surface area (Å²) in [5.74, 6) is 0.594. The average molecular weight is 252 g/mol. The van der Waals surface area contributed by atoms with E-state index in [1.54, 1.807) is 24.3 Å². The van der Waals surface area contributed by atoms with Crippen molar-refractivity contribution < 1.29 is 18.3 Å².